The Morgan fingerprint density at radius 1 is 1.44 bits per heavy atom. The van der Waals surface area contributed by atoms with Crippen molar-refractivity contribution in [3.63, 3.8) is 0 Å². The Morgan fingerprint density at radius 3 is 2.78 bits per heavy atom. The molecule has 0 aromatic heterocycles. The van der Waals surface area contributed by atoms with Gasteiger partial charge in [-0.2, -0.15) is 0 Å². The number of nitrogens with one attached hydrogen (secondary N) is 1. The van der Waals surface area contributed by atoms with Crippen molar-refractivity contribution in [2.45, 2.75) is 18.9 Å². The first-order chi connectivity index (χ1) is 8.63. The number of aliphatic hydroxyl groups is 1. The van der Waals surface area contributed by atoms with Gasteiger partial charge < -0.3 is 15.3 Å². The Kier molecular flexibility index (Phi) is 4.74. The Hall–Kier alpha value is -0.910. The van der Waals surface area contributed by atoms with Crippen molar-refractivity contribution >= 4 is 27.5 Å². The highest BCUT2D eigenvalue weighted by atomic mass is 79.9. The fourth-order valence-corrected chi connectivity index (χ4v) is 2.30. The molecule has 18 heavy (non-hydrogen) atoms. The standard InChI is InChI=1S/C13H17BrN2O2/c14-10-1-3-11(4-2-10)15-13(18)6-8-16-7-5-12(17)9-16/h1-4,12,17H,5-9H2,(H,15,18)/t12-/m0/s1. The summed E-state index contributed by atoms with van der Waals surface area (Å²) in [6.07, 6.45) is 1.05. The van der Waals surface area contributed by atoms with Crippen molar-refractivity contribution in [3.8, 4) is 0 Å². The van der Waals surface area contributed by atoms with Gasteiger partial charge in [0.05, 0.1) is 6.10 Å². The van der Waals surface area contributed by atoms with Gasteiger partial charge in [0.1, 0.15) is 0 Å². The molecule has 1 aliphatic heterocycles. The maximum atomic E-state index is 11.7. The summed E-state index contributed by atoms with van der Waals surface area (Å²) >= 11 is 3.35. The lowest BCUT2D eigenvalue weighted by Crippen LogP contribution is -2.26. The van der Waals surface area contributed by atoms with E-state index in [0.29, 0.717) is 19.5 Å². The minimum Gasteiger partial charge on any atom is -0.392 e. The van der Waals surface area contributed by atoms with Gasteiger partial charge in [0.15, 0.2) is 0 Å². The van der Waals surface area contributed by atoms with E-state index in [1.807, 2.05) is 24.3 Å². The number of carbonyl (C=O) groups excluding carboxylic acids is 1. The van der Waals surface area contributed by atoms with Crippen molar-refractivity contribution in [1.29, 1.82) is 0 Å². The summed E-state index contributed by atoms with van der Waals surface area (Å²) < 4.78 is 0.992. The van der Waals surface area contributed by atoms with Gasteiger partial charge in [-0.25, -0.2) is 0 Å². The largest absolute Gasteiger partial charge is 0.392 e. The van der Waals surface area contributed by atoms with Crippen LogP contribution in [0.5, 0.6) is 0 Å². The normalized spacial score (nSPS) is 20.0. The number of β-amino-alcohol motifs (C(OH)–C–C–N with tert-alkyl or cyclic N) is 1. The zero-order valence-electron chi connectivity index (χ0n) is 10.1. The third-order valence-electron chi connectivity index (χ3n) is 3.03. The summed E-state index contributed by atoms with van der Waals surface area (Å²) in [6.45, 7) is 2.28. The van der Waals surface area contributed by atoms with Crippen molar-refractivity contribution in [2.24, 2.45) is 0 Å². The van der Waals surface area contributed by atoms with Crippen LogP contribution in [0, 0.1) is 0 Å². The second-order valence-electron chi connectivity index (χ2n) is 4.55. The van der Waals surface area contributed by atoms with E-state index in [1.54, 1.807) is 0 Å². The molecule has 0 aliphatic carbocycles. The highest BCUT2D eigenvalue weighted by molar-refractivity contribution is 9.10. The lowest BCUT2D eigenvalue weighted by Gasteiger charge is -2.14. The van der Waals surface area contributed by atoms with Crippen LogP contribution in [0.1, 0.15) is 12.8 Å². The first kappa shape index (κ1) is 13.5. The smallest absolute Gasteiger partial charge is 0.225 e. The molecule has 0 radical (unpaired) electrons. The molecule has 1 fully saturated rings. The zero-order chi connectivity index (χ0) is 13.0. The molecule has 1 saturated heterocycles. The average molecular weight is 313 g/mol. The molecule has 4 nitrogen and oxygen atoms in total. The van der Waals surface area contributed by atoms with Crippen molar-refractivity contribution in [1.82, 2.24) is 4.90 Å². The van der Waals surface area contributed by atoms with Gasteiger partial charge in [-0.15, -0.1) is 0 Å². The molecule has 0 saturated carbocycles. The molecule has 1 aromatic carbocycles. The summed E-state index contributed by atoms with van der Waals surface area (Å²) in [6, 6.07) is 7.52. The molecular formula is C13H17BrN2O2. The molecule has 0 spiro atoms. The predicted molar refractivity (Wildman–Crippen MR) is 74.5 cm³/mol. The van der Waals surface area contributed by atoms with Gasteiger partial charge in [-0.3, -0.25) is 4.79 Å². The van der Waals surface area contributed by atoms with Gasteiger partial charge >= 0.3 is 0 Å². The minimum absolute atomic E-state index is 0.0127. The van der Waals surface area contributed by atoms with Gasteiger partial charge in [0, 0.05) is 36.2 Å². The number of hydrogen-bond acceptors (Lipinski definition) is 3. The van der Waals surface area contributed by atoms with Crippen molar-refractivity contribution in [3.05, 3.63) is 28.7 Å². The molecule has 2 rings (SSSR count). The summed E-state index contributed by atoms with van der Waals surface area (Å²) in [4.78, 5) is 13.8. The van der Waals surface area contributed by atoms with Gasteiger partial charge in [0.25, 0.3) is 0 Å². The van der Waals surface area contributed by atoms with E-state index >= 15 is 0 Å². The second-order valence-corrected chi connectivity index (χ2v) is 5.46. The van der Waals surface area contributed by atoms with E-state index < -0.39 is 0 Å². The first-order valence-corrected chi connectivity index (χ1v) is 6.88. The molecule has 1 amide bonds. The molecule has 1 atom stereocenters. The molecule has 0 unspecified atom stereocenters. The zero-order valence-corrected chi connectivity index (χ0v) is 11.7. The SMILES string of the molecule is O=C(CCN1CC[C@H](O)C1)Nc1ccc(Br)cc1. The molecule has 1 heterocycles. The minimum atomic E-state index is -0.223. The summed E-state index contributed by atoms with van der Waals surface area (Å²) in [5.41, 5.74) is 0.810. The van der Waals surface area contributed by atoms with Gasteiger partial charge in [0.2, 0.25) is 5.91 Å². The van der Waals surface area contributed by atoms with Gasteiger partial charge in [-0.05, 0) is 30.7 Å². The summed E-state index contributed by atoms with van der Waals surface area (Å²) in [5, 5.41) is 12.2. The number of carbonyl (C=O) groups is 1. The molecule has 1 aromatic rings. The highest BCUT2D eigenvalue weighted by Crippen LogP contribution is 2.14. The lowest BCUT2D eigenvalue weighted by molar-refractivity contribution is -0.116. The quantitative estimate of drug-likeness (QED) is 0.892. The van der Waals surface area contributed by atoms with Crippen LogP contribution in [-0.4, -0.2) is 41.7 Å². The predicted octanol–water partition coefficient (Wildman–Crippen LogP) is 1.84. The fraction of sp³-hybridized carbons (Fsp3) is 0.462. The monoisotopic (exact) mass is 312 g/mol. The lowest BCUT2D eigenvalue weighted by atomic mass is 10.3. The molecule has 0 bridgehead atoms. The first-order valence-electron chi connectivity index (χ1n) is 6.09. The number of rotatable bonds is 4. The highest BCUT2D eigenvalue weighted by Gasteiger charge is 2.20. The second kappa shape index (κ2) is 6.31. The topological polar surface area (TPSA) is 52.6 Å². The van der Waals surface area contributed by atoms with E-state index in [1.165, 1.54) is 0 Å². The summed E-state index contributed by atoms with van der Waals surface area (Å²) in [5.74, 6) is 0.0127. The third-order valence-corrected chi connectivity index (χ3v) is 3.56. The maximum absolute atomic E-state index is 11.7. The number of benzene rings is 1. The van der Waals surface area contributed by atoms with Crippen LogP contribution in [0.15, 0.2) is 28.7 Å². The van der Waals surface area contributed by atoms with Crippen LogP contribution in [0.3, 0.4) is 0 Å². The maximum Gasteiger partial charge on any atom is 0.225 e. The number of hydrogen-bond donors (Lipinski definition) is 2. The average Bonchev–Trinajstić information content (AvgIpc) is 2.76. The van der Waals surface area contributed by atoms with Gasteiger partial charge in [-0.1, -0.05) is 15.9 Å². The number of likely N-dealkylation sites (tertiary alicyclic amines) is 1. The third kappa shape index (κ3) is 4.08. The fourth-order valence-electron chi connectivity index (χ4n) is 2.03. The van der Waals surface area contributed by atoms with Crippen molar-refractivity contribution in [2.75, 3.05) is 25.0 Å². The Balaban J connectivity index is 1.73. The van der Waals surface area contributed by atoms with E-state index in [4.69, 9.17) is 0 Å². The van der Waals surface area contributed by atoms with E-state index in [0.717, 1.165) is 23.1 Å². The van der Waals surface area contributed by atoms with E-state index in [-0.39, 0.29) is 12.0 Å². The number of aliphatic hydroxyl groups excluding tert-OH is 1. The van der Waals surface area contributed by atoms with Crippen LogP contribution in [0.25, 0.3) is 0 Å². The molecule has 98 valence electrons. The molecule has 2 N–H and O–H groups in total. The molecule has 5 heteroatoms. The summed E-state index contributed by atoms with van der Waals surface area (Å²) in [7, 11) is 0. The number of amides is 1. The van der Waals surface area contributed by atoms with Crippen LogP contribution >= 0.6 is 15.9 Å². The Bertz CT molecular complexity index is 408. The Labute approximate surface area is 115 Å². The van der Waals surface area contributed by atoms with Crippen LogP contribution in [-0.2, 0) is 4.79 Å². The molecular weight excluding hydrogens is 296 g/mol. The number of halogens is 1. The Morgan fingerprint density at radius 2 is 2.17 bits per heavy atom. The van der Waals surface area contributed by atoms with E-state index in [9.17, 15) is 9.90 Å². The van der Waals surface area contributed by atoms with Crippen LogP contribution < -0.4 is 5.32 Å². The number of nitrogens with zero attached hydrogens (tertiary/aromatic N) is 1. The van der Waals surface area contributed by atoms with Crippen molar-refractivity contribution < 1.29 is 9.90 Å². The van der Waals surface area contributed by atoms with Crippen LogP contribution in [0.4, 0.5) is 5.69 Å². The van der Waals surface area contributed by atoms with Crippen LogP contribution in [0.2, 0.25) is 0 Å². The van der Waals surface area contributed by atoms with E-state index in [2.05, 4.69) is 26.1 Å². The molecule has 1 aliphatic rings. The number of anilines is 1.